The van der Waals surface area contributed by atoms with Gasteiger partial charge in [-0.1, -0.05) is 42.5 Å². The largest absolute Gasteiger partial charge is 0.508 e. The van der Waals surface area contributed by atoms with Gasteiger partial charge >= 0.3 is 5.97 Å². The lowest BCUT2D eigenvalue weighted by Crippen LogP contribution is -2.50. The van der Waals surface area contributed by atoms with Crippen molar-refractivity contribution in [2.75, 3.05) is 19.8 Å². The van der Waals surface area contributed by atoms with Crippen LogP contribution in [0.3, 0.4) is 0 Å². The molecule has 9 nitrogen and oxygen atoms in total. The van der Waals surface area contributed by atoms with Gasteiger partial charge in [0, 0.05) is 36.6 Å². The van der Waals surface area contributed by atoms with Gasteiger partial charge < -0.3 is 29.8 Å². The Bertz CT molecular complexity index is 1400. The standard InChI is InChI=1S/C32H39N3O6/c1-32(2,3)41-29(37)20-23(10-6-8-22-9-7-11-25(36)18-22)30(38)34-27-19-24-21-35(28-13-5-4-12-26(24)28)15-17-40-16-14-33-31(27)39/h4-9,11-13,18,21,23,27,36H,10,14-17,19-20H2,1-3H3,(H,33,39)(H,34,38)/t23-,27+/m1/s1. The molecule has 218 valence electrons. The first-order valence-electron chi connectivity index (χ1n) is 14.0. The van der Waals surface area contributed by atoms with Gasteiger partial charge in [-0.2, -0.15) is 0 Å². The second-order valence-corrected chi connectivity index (χ2v) is 11.3. The van der Waals surface area contributed by atoms with Crippen molar-refractivity contribution in [3.05, 3.63) is 71.9 Å². The van der Waals surface area contributed by atoms with Crippen molar-refractivity contribution in [3.8, 4) is 5.75 Å². The minimum absolute atomic E-state index is 0.135. The number of carbonyl (C=O) groups excluding carboxylic acids is 3. The predicted octanol–water partition coefficient (Wildman–Crippen LogP) is 3.97. The number of phenols is 1. The Morgan fingerprint density at radius 1 is 1.20 bits per heavy atom. The van der Waals surface area contributed by atoms with Gasteiger partial charge in [0.05, 0.1) is 25.6 Å². The van der Waals surface area contributed by atoms with Crippen LogP contribution in [0.1, 0.15) is 44.7 Å². The van der Waals surface area contributed by atoms with Gasteiger partial charge in [0.2, 0.25) is 11.8 Å². The number of aromatic hydroxyl groups is 1. The highest BCUT2D eigenvalue weighted by molar-refractivity contribution is 5.91. The summed E-state index contributed by atoms with van der Waals surface area (Å²) in [6, 6.07) is 13.9. The Morgan fingerprint density at radius 3 is 2.78 bits per heavy atom. The SMILES string of the molecule is CC(C)(C)OC(=O)C[C@@H](CC=Cc1cccc(O)c1)C(=O)N[C@H]1Cc2cn(c3ccccc23)CCOCCNC1=O. The number of nitrogens with zero attached hydrogens (tertiary/aromatic N) is 1. The molecule has 0 saturated heterocycles. The van der Waals surface area contributed by atoms with Crippen LogP contribution in [0.5, 0.6) is 5.75 Å². The second kappa shape index (κ2) is 13.5. The van der Waals surface area contributed by atoms with Crippen LogP contribution in [0.15, 0.2) is 60.8 Å². The monoisotopic (exact) mass is 561 g/mol. The summed E-state index contributed by atoms with van der Waals surface area (Å²) in [7, 11) is 0. The fourth-order valence-corrected chi connectivity index (χ4v) is 4.89. The van der Waals surface area contributed by atoms with E-state index in [0.717, 1.165) is 22.0 Å². The van der Waals surface area contributed by atoms with Crippen LogP contribution in [-0.4, -0.2) is 58.9 Å². The molecular weight excluding hydrogens is 522 g/mol. The molecule has 0 aliphatic carbocycles. The maximum atomic E-state index is 13.7. The lowest BCUT2D eigenvalue weighted by molar-refractivity contribution is -0.157. The predicted molar refractivity (Wildman–Crippen MR) is 157 cm³/mol. The normalized spacial score (nSPS) is 17.3. The Hall–Kier alpha value is -4.11. The number of ether oxygens (including phenoxy) is 2. The zero-order valence-corrected chi connectivity index (χ0v) is 23.9. The maximum absolute atomic E-state index is 13.7. The summed E-state index contributed by atoms with van der Waals surface area (Å²) in [5.41, 5.74) is 2.04. The van der Waals surface area contributed by atoms with E-state index in [0.29, 0.717) is 32.7 Å². The van der Waals surface area contributed by atoms with Crippen molar-refractivity contribution in [1.82, 2.24) is 15.2 Å². The minimum Gasteiger partial charge on any atom is -0.508 e. The molecule has 1 aliphatic rings. The fourth-order valence-electron chi connectivity index (χ4n) is 4.89. The van der Waals surface area contributed by atoms with Crippen LogP contribution in [0.2, 0.25) is 0 Å². The molecule has 9 heteroatoms. The number of carbonyl (C=O) groups is 3. The molecule has 0 spiro atoms. The topological polar surface area (TPSA) is 119 Å². The van der Waals surface area contributed by atoms with Gasteiger partial charge in [0.15, 0.2) is 0 Å². The third-order valence-corrected chi connectivity index (χ3v) is 6.76. The summed E-state index contributed by atoms with van der Waals surface area (Å²) in [5.74, 6) is -1.85. The highest BCUT2D eigenvalue weighted by Gasteiger charge is 2.29. The molecule has 2 atom stereocenters. The van der Waals surface area contributed by atoms with Crippen LogP contribution in [0.25, 0.3) is 17.0 Å². The van der Waals surface area contributed by atoms with Crippen molar-refractivity contribution in [2.24, 2.45) is 5.92 Å². The molecule has 0 radical (unpaired) electrons. The van der Waals surface area contributed by atoms with Crippen LogP contribution in [0, 0.1) is 5.92 Å². The third kappa shape index (κ3) is 8.69. The lowest BCUT2D eigenvalue weighted by Gasteiger charge is -2.24. The number of hydrogen-bond acceptors (Lipinski definition) is 6. The number of hydrogen-bond donors (Lipinski definition) is 3. The van der Waals surface area contributed by atoms with Crippen LogP contribution in [-0.2, 0) is 36.8 Å². The number of nitrogens with one attached hydrogen (secondary N) is 2. The van der Waals surface area contributed by atoms with E-state index >= 15 is 0 Å². The summed E-state index contributed by atoms with van der Waals surface area (Å²) >= 11 is 0. The molecule has 41 heavy (non-hydrogen) atoms. The number of allylic oxidation sites excluding steroid dienone is 1. The average molecular weight is 562 g/mol. The molecule has 2 heterocycles. The first-order chi connectivity index (χ1) is 19.6. The Kier molecular flexibility index (Phi) is 9.83. The van der Waals surface area contributed by atoms with Crippen molar-refractivity contribution in [1.29, 1.82) is 0 Å². The van der Waals surface area contributed by atoms with E-state index in [-0.39, 0.29) is 24.5 Å². The van der Waals surface area contributed by atoms with E-state index in [1.165, 1.54) is 0 Å². The molecule has 4 rings (SSSR count). The molecule has 0 unspecified atom stereocenters. The second-order valence-electron chi connectivity index (χ2n) is 11.3. The zero-order chi connectivity index (χ0) is 29.4. The number of aromatic nitrogens is 1. The van der Waals surface area contributed by atoms with Gasteiger partial charge in [-0.25, -0.2) is 0 Å². The highest BCUT2D eigenvalue weighted by atomic mass is 16.6. The van der Waals surface area contributed by atoms with Crippen molar-refractivity contribution < 1.29 is 29.0 Å². The number of rotatable bonds is 7. The Morgan fingerprint density at radius 2 is 2.00 bits per heavy atom. The first-order valence-corrected chi connectivity index (χ1v) is 14.0. The van der Waals surface area contributed by atoms with E-state index in [9.17, 15) is 19.5 Å². The maximum Gasteiger partial charge on any atom is 0.307 e. The number of phenolic OH excluding ortho intramolecular Hbond substituents is 1. The number of amides is 2. The van der Waals surface area contributed by atoms with Gasteiger partial charge in [-0.3, -0.25) is 14.4 Å². The van der Waals surface area contributed by atoms with Crippen LogP contribution < -0.4 is 10.6 Å². The van der Waals surface area contributed by atoms with Crippen LogP contribution >= 0.6 is 0 Å². The molecule has 2 bridgehead atoms. The summed E-state index contributed by atoms with van der Waals surface area (Å²) in [6.07, 6.45) is 5.97. The molecule has 2 aromatic carbocycles. The van der Waals surface area contributed by atoms with Crippen molar-refractivity contribution >= 4 is 34.8 Å². The van der Waals surface area contributed by atoms with Crippen molar-refractivity contribution in [2.45, 2.75) is 58.2 Å². The number of benzene rings is 2. The summed E-state index contributed by atoms with van der Waals surface area (Å²) in [6.45, 7) is 7.21. The number of esters is 1. The zero-order valence-electron chi connectivity index (χ0n) is 23.9. The van der Waals surface area contributed by atoms with Gasteiger partial charge in [-0.15, -0.1) is 0 Å². The third-order valence-electron chi connectivity index (χ3n) is 6.76. The molecule has 3 N–H and O–H groups in total. The molecular formula is C32H39N3O6. The Balaban J connectivity index is 1.57. The molecule has 0 fully saturated rings. The van der Waals surface area contributed by atoms with E-state index in [1.807, 2.05) is 36.5 Å². The Labute approximate surface area is 240 Å². The van der Waals surface area contributed by atoms with Gasteiger partial charge in [-0.05, 0) is 56.5 Å². The molecule has 2 amide bonds. The fraction of sp³-hybridized carbons (Fsp3) is 0.406. The molecule has 3 aromatic rings. The quantitative estimate of drug-likeness (QED) is 0.376. The first kappa shape index (κ1) is 29.9. The van der Waals surface area contributed by atoms with E-state index in [2.05, 4.69) is 15.2 Å². The van der Waals surface area contributed by atoms with E-state index < -0.39 is 29.4 Å². The lowest BCUT2D eigenvalue weighted by atomic mass is 9.97. The molecule has 1 aromatic heterocycles. The van der Waals surface area contributed by atoms with E-state index in [1.54, 1.807) is 51.1 Å². The molecule has 0 saturated carbocycles. The van der Waals surface area contributed by atoms with E-state index in [4.69, 9.17) is 9.47 Å². The van der Waals surface area contributed by atoms with Gasteiger partial charge in [0.1, 0.15) is 17.4 Å². The highest BCUT2D eigenvalue weighted by Crippen LogP contribution is 2.24. The van der Waals surface area contributed by atoms with Gasteiger partial charge in [0.25, 0.3) is 0 Å². The summed E-state index contributed by atoms with van der Waals surface area (Å²) in [4.78, 5) is 39.7. The van der Waals surface area contributed by atoms with Crippen LogP contribution in [0.4, 0.5) is 0 Å². The summed E-state index contributed by atoms with van der Waals surface area (Å²) < 4.78 is 13.3. The smallest absolute Gasteiger partial charge is 0.307 e. The summed E-state index contributed by atoms with van der Waals surface area (Å²) in [5, 5.41) is 16.6. The average Bonchev–Trinajstić information content (AvgIpc) is 3.25. The molecule has 1 aliphatic heterocycles. The minimum atomic E-state index is -0.850. The number of fused-ring (bicyclic) bond motifs is 5. The van der Waals surface area contributed by atoms with Crippen molar-refractivity contribution in [3.63, 3.8) is 0 Å². The number of para-hydroxylation sites is 1.